The maximum absolute atomic E-state index is 12.3. The number of rotatable bonds is 7. The SMILES string of the molecule is CC(C)CNC(=O)c1ccccc1NC(=O)CC(O)c1ccccc1. The van der Waals surface area contributed by atoms with E-state index in [-0.39, 0.29) is 18.2 Å². The molecule has 5 heteroatoms. The number of carbonyl (C=O) groups excluding carboxylic acids is 2. The minimum absolute atomic E-state index is 0.0774. The Bertz CT molecular complexity index is 714. The Morgan fingerprint density at radius 3 is 2.32 bits per heavy atom. The van der Waals surface area contributed by atoms with Crippen LogP contribution in [0, 0.1) is 5.92 Å². The van der Waals surface area contributed by atoms with Gasteiger partial charge in [-0.15, -0.1) is 0 Å². The Hall–Kier alpha value is -2.66. The maximum Gasteiger partial charge on any atom is 0.253 e. The summed E-state index contributed by atoms with van der Waals surface area (Å²) in [5.41, 5.74) is 1.53. The van der Waals surface area contributed by atoms with Crippen LogP contribution in [0.2, 0.25) is 0 Å². The Labute approximate surface area is 148 Å². The zero-order valence-corrected chi connectivity index (χ0v) is 14.5. The summed E-state index contributed by atoms with van der Waals surface area (Å²) in [7, 11) is 0. The monoisotopic (exact) mass is 340 g/mol. The fourth-order valence-corrected chi connectivity index (χ4v) is 2.35. The van der Waals surface area contributed by atoms with Gasteiger partial charge in [-0.05, 0) is 23.6 Å². The van der Waals surface area contributed by atoms with Crippen molar-refractivity contribution in [2.75, 3.05) is 11.9 Å². The van der Waals surface area contributed by atoms with Gasteiger partial charge >= 0.3 is 0 Å². The zero-order valence-electron chi connectivity index (χ0n) is 14.5. The first-order valence-electron chi connectivity index (χ1n) is 8.37. The molecule has 0 radical (unpaired) electrons. The third kappa shape index (κ3) is 5.72. The van der Waals surface area contributed by atoms with Gasteiger partial charge in [0.2, 0.25) is 5.91 Å². The van der Waals surface area contributed by atoms with Crippen molar-refractivity contribution >= 4 is 17.5 Å². The van der Waals surface area contributed by atoms with Gasteiger partial charge in [-0.1, -0.05) is 56.3 Å². The number of aliphatic hydroxyl groups excluding tert-OH is 1. The molecule has 3 N–H and O–H groups in total. The van der Waals surface area contributed by atoms with Crippen molar-refractivity contribution < 1.29 is 14.7 Å². The molecule has 0 bridgehead atoms. The topological polar surface area (TPSA) is 78.4 Å². The van der Waals surface area contributed by atoms with Crippen LogP contribution >= 0.6 is 0 Å². The van der Waals surface area contributed by atoms with Crippen molar-refractivity contribution in [3.05, 3.63) is 65.7 Å². The van der Waals surface area contributed by atoms with Crippen LogP contribution < -0.4 is 10.6 Å². The Kier molecular flexibility index (Phi) is 6.71. The molecular weight excluding hydrogens is 316 g/mol. The second-order valence-electron chi connectivity index (χ2n) is 6.33. The fraction of sp³-hybridized carbons (Fsp3) is 0.300. The van der Waals surface area contributed by atoms with E-state index in [2.05, 4.69) is 10.6 Å². The van der Waals surface area contributed by atoms with Gasteiger partial charge in [0.1, 0.15) is 0 Å². The van der Waals surface area contributed by atoms with Gasteiger partial charge < -0.3 is 15.7 Å². The summed E-state index contributed by atoms with van der Waals surface area (Å²) in [5.74, 6) is -0.236. The Morgan fingerprint density at radius 1 is 1.00 bits per heavy atom. The molecule has 0 aromatic heterocycles. The van der Waals surface area contributed by atoms with E-state index in [4.69, 9.17) is 0 Å². The standard InChI is InChI=1S/C20H24N2O3/c1-14(2)13-21-20(25)16-10-6-7-11-17(16)22-19(24)12-18(23)15-8-4-3-5-9-15/h3-11,14,18,23H,12-13H2,1-2H3,(H,21,25)(H,22,24). The van der Waals surface area contributed by atoms with Gasteiger partial charge in [-0.2, -0.15) is 0 Å². The third-order valence-electron chi connectivity index (χ3n) is 3.68. The average molecular weight is 340 g/mol. The van der Waals surface area contributed by atoms with Crippen LogP contribution in [0.1, 0.15) is 42.3 Å². The molecule has 0 aliphatic carbocycles. The van der Waals surface area contributed by atoms with Gasteiger partial charge in [-0.3, -0.25) is 9.59 Å². The van der Waals surface area contributed by atoms with E-state index < -0.39 is 6.10 Å². The van der Waals surface area contributed by atoms with Crippen LogP contribution in [0.15, 0.2) is 54.6 Å². The number of nitrogens with one attached hydrogen (secondary N) is 2. The molecule has 0 spiro atoms. The highest BCUT2D eigenvalue weighted by atomic mass is 16.3. The molecule has 1 atom stereocenters. The smallest absolute Gasteiger partial charge is 0.253 e. The minimum atomic E-state index is -0.886. The molecule has 2 amide bonds. The van der Waals surface area contributed by atoms with E-state index >= 15 is 0 Å². The molecule has 1 unspecified atom stereocenters. The highest BCUT2D eigenvalue weighted by Gasteiger charge is 2.16. The predicted octanol–water partition coefficient (Wildman–Crippen LogP) is 3.13. The summed E-state index contributed by atoms with van der Waals surface area (Å²) in [6, 6.07) is 15.9. The van der Waals surface area contributed by atoms with Gasteiger partial charge in [-0.25, -0.2) is 0 Å². The maximum atomic E-state index is 12.3. The van der Waals surface area contributed by atoms with Crippen molar-refractivity contribution in [1.82, 2.24) is 5.32 Å². The lowest BCUT2D eigenvalue weighted by Gasteiger charge is -2.14. The van der Waals surface area contributed by atoms with Crippen LogP contribution in [0.3, 0.4) is 0 Å². The summed E-state index contributed by atoms with van der Waals surface area (Å²) in [4.78, 5) is 24.5. The highest BCUT2D eigenvalue weighted by molar-refractivity contribution is 6.03. The molecule has 0 aliphatic heterocycles. The summed E-state index contributed by atoms with van der Waals surface area (Å²) in [6.45, 7) is 4.59. The van der Waals surface area contributed by atoms with Crippen molar-refractivity contribution in [2.45, 2.75) is 26.4 Å². The Balaban J connectivity index is 2.02. The van der Waals surface area contributed by atoms with E-state index in [1.807, 2.05) is 32.0 Å². The summed E-state index contributed by atoms with van der Waals surface area (Å²) < 4.78 is 0. The fourth-order valence-electron chi connectivity index (χ4n) is 2.35. The summed E-state index contributed by atoms with van der Waals surface area (Å²) >= 11 is 0. The second kappa shape index (κ2) is 8.99. The van der Waals surface area contributed by atoms with Crippen LogP contribution in [-0.2, 0) is 4.79 Å². The van der Waals surface area contributed by atoms with Crippen LogP contribution in [0.4, 0.5) is 5.69 Å². The van der Waals surface area contributed by atoms with Gasteiger partial charge in [0.25, 0.3) is 5.91 Å². The molecule has 0 heterocycles. The number of amides is 2. The normalized spacial score (nSPS) is 11.8. The van der Waals surface area contributed by atoms with Crippen LogP contribution in [0.25, 0.3) is 0 Å². The molecule has 2 rings (SSSR count). The number of para-hydroxylation sites is 1. The first kappa shape index (κ1) is 18.7. The second-order valence-corrected chi connectivity index (χ2v) is 6.33. The number of hydrogen-bond acceptors (Lipinski definition) is 3. The van der Waals surface area contributed by atoms with Crippen molar-refractivity contribution in [1.29, 1.82) is 0 Å². The number of aliphatic hydroxyl groups is 1. The quantitative estimate of drug-likeness (QED) is 0.724. The van der Waals surface area contributed by atoms with Crippen molar-refractivity contribution in [2.24, 2.45) is 5.92 Å². The molecule has 0 saturated heterocycles. The van der Waals surface area contributed by atoms with Crippen LogP contribution in [-0.4, -0.2) is 23.5 Å². The molecule has 132 valence electrons. The Morgan fingerprint density at radius 2 is 1.64 bits per heavy atom. The molecule has 0 aliphatic rings. The lowest BCUT2D eigenvalue weighted by Crippen LogP contribution is -2.28. The number of hydrogen-bond donors (Lipinski definition) is 3. The summed E-state index contributed by atoms with van der Waals surface area (Å²) in [6.07, 6.45) is -0.963. The number of carbonyl (C=O) groups is 2. The molecule has 25 heavy (non-hydrogen) atoms. The first-order valence-corrected chi connectivity index (χ1v) is 8.37. The van der Waals surface area contributed by atoms with Gasteiger partial charge in [0.15, 0.2) is 0 Å². The largest absolute Gasteiger partial charge is 0.388 e. The molecule has 2 aromatic rings. The van der Waals surface area contributed by atoms with Crippen molar-refractivity contribution in [3.8, 4) is 0 Å². The predicted molar refractivity (Wildman–Crippen MR) is 98.3 cm³/mol. The zero-order chi connectivity index (χ0) is 18.2. The third-order valence-corrected chi connectivity index (χ3v) is 3.68. The van der Waals surface area contributed by atoms with Crippen LogP contribution in [0.5, 0.6) is 0 Å². The van der Waals surface area contributed by atoms with E-state index in [9.17, 15) is 14.7 Å². The molecule has 5 nitrogen and oxygen atoms in total. The first-order chi connectivity index (χ1) is 12.0. The highest BCUT2D eigenvalue weighted by Crippen LogP contribution is 2.19. The molecule has 0 fully saturated rings. The number of anilines is 1. The van der Waals surface area contributed by atoms with Gasteiger partial charge in [0, 0.05) is 6.54 Å². The summed E-state index contributed by atoms with van der Waals surface area (Å²) in [5, 5.41) is 15.7. The van der Waals surface area contributed by atoms with E-state index in [1.165, 1.54) is 0 Å². The number of benzene rings is 2. The molecule has 2 aromatic carbocycles. The molecular formula is C20H24N2O3. The molecule has 0 saturated carbocycles. The van der Waals surface area contributed by atoms with Gasteiger partial charge in [0.05, 0.1) is 23.8 Å². The van der Waals surface area contributed by atoms with E-state index in [0.29, 0.717) is 29.3 Å². The minimum Gasteiger partial charge on any atom is -0.388 e. The van der Waals surface area contributed by atoms with E-state index in [0.717, 1.165) is 0 Å². The average Bonchev–Trinajstić information content (AvgIpc) is 2.60. The van der Waals surface area contributed by atoms with Crippen molar-refractivity contribution in [3.63, 3.8) is 0 Å². The lowest BCUT2D eigenvalue weighted by molar-refractivity contribution is -0.118. The lowest BCUT2D eigenvalue weighted by atomic mass is 10.1. The van der Waals surface area contributed by atoms with E-state index in [1.54, 1.807) is 36.4 Å².